The minimum atomic E-state index is -1.60. The Kier molecular flexibility index (Phi) is 1.62. The number of benzene rings is 18. The van der Waals surface area contributed by atoms with E-state index in [4.69, 9.17) is 0 Å². The van der Waals surface area contributed by atoms with E-state index in [9.17, 15) is 0 Å². The predicted molar refractivity (Wildman–Crippen MR) is 258 cm³/mol. The zero-order chi connectivity index (χ0) is 36.5. The molecule has 32 rings (SSSR count). The Hall–Kier alpha value is -7.62. The first kappa shape index (κ1) is 21.8. The first-order valence-corrected chi connectivity index (χ1v) is 22.9. The van der Waals surface area contributed by atoms with Crippen LogP contribution in [0.2, 0.25) is 0 Å². The summed E-state index contributed by atoms with van der Waals surface area (Å²) in [6.07, 6.45) is 0. The maximum atomic E-state index is 15.0. The molecule has 62 heavy (non-hydrogen) atoms. The van der Waals surface area contributed by atoms with Crippen molar-refractivity contribution in [2.45, 2.75) is 11.2 Å². The average Bonchev–Trinajstić information content (AvgIpc) is 4.12. The van der Waals surface area contributed by atoms with E-state index in [1.807, 2.05) is 0 Å². The lowest BCUT2D eigenvalue weighted by atomic mass is 9.61. The topological polar surface area (TPSA) is 40.5 Å². The van der Waals surface area contributed by atoms with Crippen molar-refractivity contribution < 1.29 is 10.2 Å². The zero-order valence-electron chi connectivity index (χ0n) is 30.9. The molecule has 0 bridgehead atoms. The summed E-state index contributed by atoms with van der Waals surface area (Å²) in [6.45, 7) is 0. The van der Waals surface area contributed by atoms with Crippen LogP contribution >= 0.6 is 0 Å². The van der Waals surface area contributed by atoms with Crippen LogP contribution in [0, 0.1) is 0 Å². The molecular formula is C60H2O2. The normalized spacial score (nSPS) is 23.1. The summed E-state index contributed by atoms with van der Waals surface area (Å²) in [5.41, 5.74) is 1.06. The van der Waals surface area contributed by atoms with Crippen molar-refractivity contribution >= 4 is 291 Å². The molecule has 0 saturated heterocycles. The van der Waals surface area contributed by atoms with Gasteiger partial charge in [0, 0.05) is 22.3 Å². The summed E-state index contributed by atoms with van der Waals surface area (Å²) in [5, 5.41) is 110. The Bertz CT molecular complexity index is 6290. The summed E-state index contributed by atoms with van der Waals surface area (Å²) >= 11 is 0. The summed E-state index contributed by atoms with van der Waals surface area (Å²) in [4.78, 5) is 0. The van der Waals surface area contributed by atoms with Crippen LogP contribution in [0.25, 0.3) is 291 Å². The maximum absolute atomic E-state index is 15.0. The largest absolute Gasteiger partial charge is 0.376 e. The third-order valence-electron chi connectivity index (χ3n) is 23.2. The van der Waals surface area contributed by atoms with E-state index in [0.717, 1.165) is 22.3 Å². The molecule has 2 heteroatoms. The fraction of sp³-hybridized carbons (Fsp3) is 0.0333. The molecule has 0 fully saturated rings. The van der Waals surface area contributed by atoms with Crippen LogP contribution in [-0.2, 0) is 11.2 Å². The summed E-state index contributed by atoms with van der Waals surface area (Å²) in [5.74, 6) is 0. The molecule has 4 aliphatic carbocycles. The monoisotopic (exact) mass is 754 g/mol. The number of hydrogen-bond acceptors (Lipinski definition) is 2. The molecule has 0 aromatic heterocycles. The van der Waals surface area contributed by atoms with E-state index in [-0.39, 0.29) is 0 Å². The van der Waals surface area contributed by atoms with E-state index in [0.29, 0.717) is 0 Å². The molecule has 4 aliphatic rings. The minimum absolute atomic E-state index is 1.06. The minimum Gasteiger partial charge on any atom is -0.376 e. The molecule has 0 amide bonds. The molecule has 28 aromatic rings. The van der Waals surface area contributed by atoms with Gasteiger partial charge in [0.25, 0.3) is 0 Å². The van der Waals surface area contributed by atoms with E-state index in [2.05, 4.69) is 0 Å². The van der Waals surface area contributed by atoms with Crippen LogP contribution in [0.4, 0.5) is 0 Å². The van der Waals surface area contributed by atoms with Crippen molar-refractivity contribution in [3.05, 3.63) is 22.3 Å². The molecule has 2 nitrogen and oxygen atoms in total. The zero-order valence-corrected chi connectivity index (χ0v) is 30.9. The van der Waals surface area contributed by atoms with Gasteiger partial charge in [-0.15, -0.1) is 0 Å². The van der Waals surface area contributed by atoms with Crippen molar-refractivity contribution in [1.29, 1.82) is 0 Å². The van der Waals surface area contributed by atoms with Crippen LogP contribution in [-0.4, -0.2) is 10.2 Å². The number of rotatable bonds is 0. The Balaban J connectivity index is 1.33. The van der Waals surface area contributed by atoms with E-state index in [1.165, 1.54) is 194 Å². The Morgan fingerprint density at radius 2 is 0.177 bits per heavy atom. The third-order valence-corrected chi connectivity index (χ3v) is 23.2. The smallest absolute Gasteiger partial charge is 0.154 e. The SMILES string of the molecule is OC12c3c4c5c6c7c8c(c9c%10c1c1c3c3c%11c4c4c5c5c7c7c%12c8c8c9c9c%10c%10c1c1c3c3c%11c%11c4c4c5c7c5c7c%12c8c8c9c9c%10c1c1c3c3c%11c4c5c4c7c8c9c1c34)C62O. The van der Waals surface area contributed by atoms with Crippen LogP contribution < -0.4 is 0 Å². The van der Waals surface area contributed by atoms with Crippen molar-refractivity contribution in [2.24, 2.45) is 0 Å². The van der Waals surface area contributed by atoms with Gasteiger partial charge in [0.1, 0.15) is 0 Å². The first-order chi connectivity index (χ1) is 30.7. The van der Waals surface area contributed by atoms with E-state index in [1.54, 1.807) is 97.0 Å². The lowest BCUT2D eigenvalue weighted by Gasteiger charge is -2.47. The van der Waals surface area contributed by atoms with Gasteiger partial charge in [-0.3, -0.25) is 0 Å². The molecule has 0 spiro atoms. The fourth-order valence-electron chi connectivity index (χ4n) is 23.2. The maximum Gasteiger partial charge on any atom is 0.154 e. The first-order valence-electron chi connectivity index (χ1n) is 22.9. The lowest BCUT2D eigenvalue weighted by Crippen LogP contribution is -2.51. The molecular weight excluding hydrogens is 753 g/mol. The fourth-order valence-corrected chi connectivity index (χ4v) is 23.2. The van der Waals surface area contributed by atoms with Crippen molar-refractivity contribution in [3.63, 3.8) is 0 Å². The highest BCUT2D eigenvalue weighted by Gasteiger charge is 2.69. The molecule has 0 heterocycles. The van der Waals surface area contributed by atoms with E-state index >= 15 is 10.2 Å². The van der Waals surface area contributed by atoms with Gasteiger partial charge < -0.3 is 10.2 Å². The van der Waals surface area contributed by atoms with Gasteiger partial charge >= 0.3 is 0 Å². The summed E-state index contributed by atoms with van der Waals surface area (Å²) < 4.78 is 0. The number of aliphatic hydroxyl groups is 2. The second kappa shape index (κ2) is 4.60. The third kappa shape index (κ3) is 1.04. The summed E-state index contributed by atoms with van der Waals surface area (Å²) in [6, 6.07) is 0. The van der Waals surface area contributed by atoms with Gasteiger partial charge in [-0.1, -0.05) is 0 Å². The van der Waals surface area contributed by atoms with Crippen LogP contribution in [0.5, 0.6) is 0 Å². The van der Waals surface area contributed by atoms with Gasteiger partial charge in [-0.25, -0.2) is 0 Å². The molecule has 28 aromatic carbocycles. The average molecular weight is 755 g/mol. The highest BCUT2D eigenvalue weighted by molar-refractivity contribution is 6.82. The molecule has 0 unspecified atom stereocenters. The Morgan fingerprint density at radius 3 is 0.258 bits per heavy atom. The lowest BCUT2D eigenvalue weighted by molar-refractivity contribution is -0.105. The Labute approximate surface area is 333 Å². The second-order valence-electron chi connectivity index (χ2n) is 23.2. The van der Waals surface area contributed by atoms with Crippen LogP contribution in [0.15, 0.2) is 0 Å². The second-order valence-corrected chi connectivity index (χ2v) is 23.2. The van der Waals surface area contributed by atoms with Gasteiger partial charge in [-0.05, 0) is 291 Å². The number of hydrogen-bond donors (Lipinski definition) is 2. The quantitative estimate of drug-likeness (QED) is 0.151. The van der Waals surface area contributed by atoms with Gasteiger partial charge in [-0.2, -0.15) is 0 Å². The standard InChI is InChI=1S/C60H2O2/c61-59-55-47-39-29-19-11-3-1-2-5-9-7(3)15-23-17(9)27-21-13(5)14-6(2)10-8-4(1)12(11)20-26-16(8)24-18(10)28-22(14)32-31(21)41-35(27)45-37(23)43(33(39)25(15)19)51(55)53(45)57-49(41)50-42(32)36(28)46-38(24)44-34(26)40(30(20)29)48(47)56(59)52(44)54(46)58(50)60(57,59)62/h61-62H. The van der Waals surface area contributed by atoms with Crippen LogP contribution in [0.1, 0.15) is 22.3 Å². The highest BCUT2D eigenvalue weighted by Crippen LogP contribution is 2.83. The van der Waals surface area contributed by atoms with Gasteiger partial charge in [0.2, 0.25) is 0 Å². The molecule has 254 valence electrons. The van der Waals surface area contributed by atoms with Gasteiger partial charge in [0.15, 0.2) is 11.2 Å². The summed E-state index contributed by atoms with van der Waals surface area (Å²) in [7, 11) is 0. The van der Waals surface area contributed by atoms with Crippen LogP contribution in [0.3, 0.4) is 0 Å². The highest BCUT2D eigenvalue weighted by atomic mass is 16.4. The molecule has 0 saturated carbocycles. The van der Waals surface area contributed by atoms with Crippen molar-refractivity contribution in [2.75, 3.05) is 0 Å². The molecule has 0 atom stereocenters. The Morgan fingerprint density at radius 1 is 0.113 bits per heavy atom. The van der Waals surface area contributed by atoms with Crippen molar-refractivity contribution in [3.8, 4) is 0 Å². The molecule has 2 N–H and O–H groups in total. The molecule has 0 radical (unpaired) electrons. The van der Waals surface area contributed by atoms with E-state index < -0.39 is 11.2 Å². The van der Waals surface area contributed by atoms with Gasteiger partial charge in [0.05, 0.1) is 0 Å². The molecule has 0 aliphatic heterocycles. The predicted octanol–water partition coefficient (Wildman–Crippen LogP) is 15.2. The van der Waals surface area contributed by atoms with Crippen molar-refractivity contribution in [1.82, 2.24) is 0 Å².